The molecule has 0 saturated heterocycles. The Morgan fingerprint density at radius 1 is 1.17 bits per heavy atom. The minimum atomic E-state index is -0.272. The molecule has 0 amide bonds. The minimum absolute atomic E-state index is 0.138. The molecule has 29 heavy (non-hydrogen) atoms. The number of carbonyl (C=O) groups excluding carboxylic acids is 1. The van der Waals surface area contributed by atoms with Crippen LogP contribution in [0, 0.1) is 5.41 Å². The SMILES string of the molecule is CC(C)(C)CC(=O)Oc1ccc(-n2c(-c3nonc3N)nc3cnccc32)cc1. The first-order valence-electron chi connectivity index (χ1n) is 9.04. The van der Waals surface area contributed by atoms with Crippen LogP contribution in [0.1, 0.15) is 27.2 Å². The monoisotopic (exact) mass is 392 g/mol. The Balaban J connectivity index is 1.72. The maximum absolute atomic E-state index is 12.1. The average Bonchev–Trinajstić information content (AvgIpc) is 3.24. The first-order chi connectivity index (χ1) is 13.8. The lowest BCUT2D eigenvalue weighted by molar-refractivity contribution is -0.136. The molecule has 0 atom stereocenters. The number of fused-ring (bicyclic) bond motifs is 1. The van der Waals surface area contributed by atoms with E-state index in [4.69, 9.17) is 15.1 Å². The molecule has 1 aromatic carbocycles. The van der Waals surface area contributed by atoms with E-state index in [-0.39, 0.29) is 17.2 Å². The van der Waals surface area contributed by atoms with Gasteiger partial charge in [-0.05, 0) is 46.1 Å². The first kappa shape index (κ1) is 18.6. The highest BCUT2D eigenvalue weighted by Gasteiger charge is 2.21. The summed E-state index contributed by atoms with van der Waals surface area (Å²) in [5.74, 6) is 0.816. The number of ether oxygens (including phenoxy) is 1. The van der Waals surface area contributed by atoms with E-state index in [2.05, 4.69) is 20.3 Å². The van der Waals surface area contributed by atoms with Crippen LogP contribution in [0.4, 0.5) is 5.82 Å². The number of nitrogen functional groups attached to an aromatic ring is 1. The molecule has 9 heteroatoms. The fourth-order valence-electron chi connectivity index (χ4n) is 2.97. The third-order valence-electron chi connectivity index (χ3n) is 4.18. The van der Waals surface area contributed by atoms with Crippen LogP contribution in [0.15, 0.2) is 47.4 Å². The number of nitrogens with two attached hydrogens (primary N) is 1. The predicted molar refractivity (Wildman–Crippen MR) is 106 cm³/mol. The molecule has 0 unspecified atom stereocenters. The Hall–Kier alpha value is -3.75. The number of aromatic nitrogens is 5. The molecule has 9 nitrogen and oxygen atoms in total. The van der Waals surface area contributed by atoms with Crippen molar-refractivity contribution < 1.29 is 14.2 Å². The summed E-state index contributed by atoms with van der Waals surface area (Å²) in [7, 11) is 0. The molecule has 0 radical (unpaired) electrons. The molecule has 0 bridgehead atoms. The summed E-state index contributed by atoms with van der Waals surface area (Å²) in [5.41, 5.74) is 8.34. The highest BCUT2D eigenvalue weighted by Crippen LogP contribution is 2.30. The summed E-state index contributed by atoms with van der Waals surface area (Å²) >= 11 is 0. The van der Waals surface area contributed by atoms with Gasteiger partial charge in [-0.1, -0.05) is 20.8 Å². The lowest BCUT2D eigenvalue weighted by Crippen LogP contribution is -2.17. The van der Waals surface area contributed by atoms with E-state index < -0.39 is 0 Å². The van der Waals surface area contributed by atoms with Gasteiger partial charge in [0.2, 0.25) is 0 Å². The number of rotatable bonds is 4. The van der Waals surface area contributed by atoms with Crippen LogP contribution in [0.2, 0.25) is 0 Å². The van der Waals surface area contributed by atoms with Crippen LogP contribution in [-0.2, 0) is 4.79 Å². The zero-order chi connectivity index (χ0) is 20.6. The second-order valence-electron chi connectivity index (χ2n) is 7.84. The molecule has 0 aliphatic rings. The topological polar surface area (TPSA) is 122 Å². The molecule has 0 fully saturated rings. The van der Waals surface area contributed by atoms with Crippen molar-refractivity contribution in [3.05, 3.63) is 42.7 Å². The Labute approximate surface area is 166 Å². The number of anilines is 1. The van der Waals surface area contributed by atoms with Crippen molar-refractivity contribution in [1.82, 2.24) is 24.8 Å². The van der Waals surface area contributed by atoms with Gasteiger partial charge in [0.05, 0.1) is 18.1 Å². The number of imidazole rings is 1. The summed E-state index contributed by atoms with van der Waals surface area (Å²) in [6.07, 6.45) is 3.66. The van der Waals surface area contributed by atoms with Crippen LogP contribution < -0.4 is 10.5 Å². The molecular formula is C20H20N6O3. The van der Waals surface area contributed by atoms with Gasteiger partial charge >= 0.3 is 5.97 Å². The standard InChI is InChI=1S/C20H20N6O3/c1-20(2,3)10-16(27)28-13-6-4-12(5-7-13)26-15-8-9-22-11-14(15)23-19(26)17-18(21)25-29-24-17/h4-9,11H,10H2,1-3H3,(H2,21,25). The van der Waals surface area contributed by atoms with Gasteiger partial charge in [0.15, 0.2) is 17.3 Å². The van der Waals surface area contributed by atoms with E-state index in [0.29, 0.717) is 29.2 Å². The second-order valence-corrected chi connectivity index (χ2v) is 7.84. The Bertz CT molecular complexity index is 1170. The number of hydrogen-bond acceptors (Lipinski definition) is 8. The lowest BCUT2D eigenvalue weighted by atomic mass is 9.92. The summed E-state index contributed by atoms with van der Waals surface area (Å²) in [6, 6.07) is 8.96. The smallest absolute Gasteiger partial charge is 0.311 e. The van der Waals surface area contributed by atoms with Crippen LogP contribution in [-0.4, -0.2) is 30.8 Å². The number of esters is 1. The van der Waals surface area contributed by atoms with Crippen LogP contribution in [0.5, 0.6) is 5.75 Å². The van der Waals surface area contributed by atoms with Crippen molar-refractivity contribution in [2.24, 2.45) is 5.41 Å². The van der Waals surface area contributed by atoms with Gasteiger partial charge in [-0.15, -0.1) is 0 Å². The van der Waals surface area contributed by atoms with Gasteiger partial charge in [0.1, 0.15) is 11.3 Å². The van der Waals surface area contributed by atoms with E-state index in [1.807, 2.05) is 43.5 Å². The van der Waals surface area contributed by atoms with Gasteiger partial charge in [0.25, 0.3) is 0 Å². The normalized spacial score (nSPS) is 11.7. The van der Waals surface area contributed by atoms with E-state index in [1.54, 1.807) is 24.5 Å². The fraction of sp³-hybridized carbons (Fsp3) is 0.250. The van der Waals surface area contributed by atoms with E-state index in [0.717, 1.165) is 11.2 Å². The van der Waals surface area contributed by atoms with Gasteiger partial charge in [-0.2, -0.15) is 0 Å². The van der Waals surface area contributed by atoms with Gasteiger partial charge < -0.3 is 10.5 Å². The zero-order valence-corrected chi connectivity index (χ0v) is 16.3. The second kappa shape index (κ2) is 7.01. The molecule has 2 N–H and O–H groups in total. The molecular weight excluding hydrogens is 372 g/mol. The third-order valence-corrected chi connectivity index (χ3v) is 4.18. The van der Waals surface area contributed by atoms with Crippen LogP contribution in [0.3, 0.4) is 0 Å². The molecule has 0 aliphatic carbocycles. The molecule has 3 aromatic heterocycles. The van der Waals surface area contributed by atoms with E-state index in [1.165, 1.54) is 0 Å². The number of hydrogen-bond donors (Lipinski definition) is 1. The molecule has 148 valence electrons. The van der Waals surface area contributed by atoms with Crippen molar-refractivity contribution in [2.75, 3.05) is 5.73 Å². The Morgan fingerprint density at radius 3 is 2.59 bits per heavy atom. The highest BCUT2D eigenvalue weighted by atomic mass is 16.6. The Morgan fingerprint density at radius 2 is 1.93 bits per heavy atom. The maximum Gasteiger partial charge on any atom is 0.311 e. The lowest BCUT2D eigenvalue weighted by Gasteiger charge is -2.16. The third kappa shape index (κ3) is 3.79. The molecule has 4 aromatic rings. The van der Waals surface area contributed by atoms with Crippen LogP contribution in [0.25, 0.3) is 28.2 Å². The summed E-state index contributed by atoms with van der Waals surface area (Å²) in [6.45, 7) is 5.97. The molecule has 0 aliphatic heterocycles. The van der Waals surface area contributed by atoms with Crippen molar-refractivity contribution in [3.8, 4) is 23.0 Å². The summed E-state index contributed by atoms with van der Waals surface area (Å²) in [4.78, 5) is 20.8. The number of pyridine rings is 1. The predicted octanol–water partition coefficient (Wildman–Crippen LogP) is 3.39. The maximum atomic E-state index is 12.1. The van der Waals surface area contributed by atoms with E-state index in [9.17, 15) is 4.79 Å². The Kier molecular flexibility index (Phi) is 4.50. The average molecular weight is 392 g/mol. The molecule has 0 saturated carbocycles. The van der Waals surface area contributed by atoms with Crippen molar-refractivity contribution in [3.63, 3.8) is 0 Å². The molecule has 0 spiro atoms. The summed E-state index contributed by atoms with van der Waals surface area (Å²) < 4.78 is 12.0. The largest absolute Gasteiger partial charge is 0.427 e. The van der Waals surface area contributed by atoms with Gasteiger partial charge in [-0.25, -0.2) is 9.61 Å². The molecule has 4 rings (SSSR count). The van der Waals surface area contributed by atoms with Crippen molar-refractivity contribution >= 4 is 22.8 Å². The zero-order valence-electron chi connectivity index (χ0n) is 16.3. The van der Waals surface area contributed by atoms with E-state index >= 15 is 0 Å². The number of nitrogens with zero attached hydrogens (tertiary/aromatic N) is 5. The van der Waals surface area contributed by atoms with Gasteiger partial charge in [0, 0.05) is 11.9 Å². The van der Waals surface area contributed by atoms with Crippen molar-refractivity contribution in [1.29, 1.82) is 0 Å². The highest BCUT2D eigenvalue weighted by molar-refractivity contribution is 5.83. The minimum Gasteiger partial charge on any atom is -0.427 e. The summed E-state index contributed by atoms with van der Waals surface area (Å²) in [5, 5.41) is 7.51. The molecule has 3 heterocycles. The van der Waals surface area contributed by atoms with Crippen LogP contribution >= 0.6 is 0 Å². The van der Waals surface area contributed by atoms with Gasteiger partial charge in [-0.3, -0.25) is 14.3 Å². The number of carbonyl (C=O) groups is 1. The fourth-order valence-corrected chi connectivity index (χ4v) is 2.97. The quantitative estimate of drug-likeness (QED) is 0.414. The first-order valence-corrected chi connectivity index (χ1v) is 9.04. The number of benzene rings is 1. The van der Waals surface area contributed by atoms with Crippen molar-refractivity contribution in [2.45, 2.75) is 27.2 Å².